The smallest absolute Gasteiger partial charge is 0.223 e. The molecule has 0 aliphatic heterocycles. The van der Waals surface area contributed by atoms with Crippen molar-refractivity contribution in [1.82, 2.24) is 20.4 Å². The lowest BCUT2D eigenvalue weighted by Gasteiger charge is -2.41. The summed E-state index contributed by atoms with van der Waals surface area (Å²) in [4.78, 5) is 15.3. The van der Waals surface area contributed by atoms with Crippen molar-refractivity contribution in [2.75, 3.05) is 20.1 Å². The molecule has 2 atom stereocenters. The van der Waals surface area contributed by atoms with Gasteiger partial charge in [0.15, 0.2) is 0 Å². The summed E-state index contributed by atoms with van der Waals surface area (Å²) in [5.41, 5.74) is 2.59. The van der Waals surface area contributed by atoms with Gasteiger partial charge in [0.05, 0.1) is 6.20 Å². The number of aromatic amines is 1. The second-order valence-corrected chi connectivity index (χ2v) is 9.89. The summed E-state index contributed by atoms with van der Waals surface area (Å²) in [5.74, 6) is 1.31. The average molecular weight is 391 g/mol. The molecule has 0 bridgehead atoms. The molecule has 2 rings (SSSR count). The van der Waals surface area contributed by atoms with Gasteiger partial charge in [-0.15, -0.1) is 0 Å². The third-order valence-electron chi connectivity index (χ3n) is 6.43. The van der Waals surface area contributed by atoms with Gasteiger partial charge in [0.2, 0.25) is 5.91 Å². The van der Waals surface area contributed by atoms with Crippen molar-refractivity contribution >= 4 is 5.91 Å². The number of carbonyl (C=O) groups excluding carboxylic acids is 1. The summed E-state index contributed by atoms with van der Waals surface area (Å²) in [6, 6.07) is 0. The standard InChI is InChI=1S/C23H42N4O/c1-7-8-13-27(6)16-19-15-25-26-21(19)18-9-11-23(4,5)20(14-18)22(28)24-12-10-17(2)3/h15,17-18,20H,7-14,16H2,1-6H3,(H,24,28)(H,25,26). The van der Waals surface area contributed by atoms with E-state index >= 15 is 0 Å². The van der Waals surface area contributed by atoms with Crippen molar-refractivity contribution < 1.29 is 4.79 Å². The maximum Gasteiger partial charge on any atom is 0.223 e. The number of rotatable bonds is 10. The Balaban J connectivity index is 2.03. The zero-order valence-corrected chi connectivity index (χ0v) is 19.0. The summed E-state index contributed by atoms with van der Waals surface area (Å²) in [7, 11) is 2.18. The quantitative estimate of drug-likeness (QED) is 0.608. The van der Waals surface area contributed by atoms with E-state index in [9.17, 15) is 4.79 Å². The molecule has 2 N–H and O–H groups in total. The van der Waals surface area contributed by atoms with Crippen molar-refractivity contribution in [2.24, 2.45) is 17.3 Å². The number of nitrogens with one attached hydrogen (secondary N) is 2. The molecule has 28 heavy (non-hydrogen) atoms. The van der Waals surface area contributed by atoms with Gasteiger partial charge in [-0.25, -0.2) is 0 Å². The van der Waals surface area contributed by atoms with Gasteiger partial charge in [0, 0.05) is 36.2 Å². The molecule has 1 amide bonds. The molecule has 5 heteroatoms. The molecule has 0 spiro atoms. The molecule has 1 aromatic rings. The highest BCUT2D eigenvalue weighted by Gasteiger charge is 2.41. The number of hydrogen-bond donors (Lipinski definition) is 2. The fourth-order valence-electron chi connectivity index (χ4n) is 4.37. The first kappa shape index (κ1) is 22.9. The van der Waals surface area contributed by atoms with Gasteiger partial charge in [-0.3, -0.25) is 9.89 Å². The molecule has 1 fully saturated rings. The number of nitrogens with zero attached hydrogens (tertiary/aromatic N) is 2. The van der Waals surface area contributed by atoms with Crippen LogP contribution in [0.1, 0.15) is 90.3 Å². The summed E-state index contributed by atoms with van der Waals surface area (Å²) in [5, 5.41) is 10.8. The van der Waals surface area contributed by atoms with Gasteiger partial charge in [0.1, 0.15) is 0 Å². The van der Waals surface area contributed by atoms with Crippen LogP contribution in [0, 0.1) is 17.3 Å². The first-order chi connectivity index (χ1) is 13.2. The summed E-state index contributed by atoms with van der Waals surface area (Å²) in [6.07, 6.45) is 8.56. The third-order valence-corrected chi connectivity index (χ3v) is 6.43. The number of hydrogen-bond acceptors (Lipinski definition) is 3. The second-order valence-electron chi connectivity index (χ2n) is 9.89. The highest BCUT2D eigenvalue weighted by molar-refractivity contribution is 5.79. The molecule has 1 aromatic heterocycles. The molecular weight excluding hydrogens is 348 g/mol. The average Bonchev–Trinajstić information content (AvgIpc) is 3.07. The first-order valence-electron chi connectivity index (χ1n) is 11.2. The monoisotopic (exact) mass is 390 g/mol. The molecule has 2 unspecified atom stereocenters. The van der Waals surface area contributed by atoms with Crippen LogP contribution in [0.25, 0.3) is 0 Å². The summed E-state index contributed by atoms with van der Waals surface area (Å²) in [6.45, 7) is 14.0. The zero-order valence-electron chi connectivity index (χ0n) is 19.0. The van der Waals surface area contributed by atoms with E-state index in [1.807, 2.05) is 6.20 Å². The Morgan fingerprint density at radius 3 is 2.86 bits per heavy atom. The normalized spacial score (nSPS) is 22.0. The number of aromatic nitrogens is 2. The summed E-state index contributed by atoms with van der Waals surface area (Å²) >= 11 is 0. The van der Waals surface area contributed by atoms with E-state index in [0.29, 0.717) is 11.8 Å². The van der Waals surface area contributed by atoms with Crippen LogP contribution in [-0.4, -0.2) is 41.1 Å². The maximum absolute atomic E-state index is 12.9. The largest absolute Gasteiger partial charge is 0.356 e. The molecule has 160 valence electrons. The predicted molar refractivity (Wildman–Crippen MR) is 116 cm³/mol. The van der Waals surface area contributed by atoms with Crippen molar-refractivity contribution in [1.29, 1.82) is 0 Å². The Morgan fingerprint density at radius 2 is 2.18 bits per heavy atom. The highest BCUT2D eigenvalue weighted by Crippen LogP contribution is 2.47. The lowest BCUT2D eigenvalue weighted by atomic mass is 9.64. The van der Waals surface area contributed by atoms with Gasteiger partial charge in [0.25, 0.3) is 0 Å². The van der Waals surface area contributed by atoms with E-state index in [4.69, 9.17) is 0 Å². The van der Waals surface area contributed by atoms with Crippen molar-refractivity contribution in [3.8, 4) is 0 Å². The van der Waals surface area contributed by atoms with Crippen LogP contribution in [0.3, 0.4) is 0 Å². The molecule has 1 saturated carbocycles. The lowest BCUT2D eigenvalue weighted by molar-refractivity contribution is -0.130. The Bertz CT molecular complexity index is 607. The molecule has 1 aliphatic rings. The number of H-pyrrole nitrogens is 1. The Morgan fingerprint density at radius 1 is 1.43 bits per heavy atom. The number of amides is 1. The van der Waals surface area contributed by atoms with Crippen molar-refractivity contribution in [3.05, 3.63) is 17.5 Å². The van der Waals surface area contributed by atoms with Gasteiger partial charge in [-0.05, 0) is 57.0 Å². The van der Waals surface area contributed by atoms with E-state index in [2.05, 4.69) is 62.1 Å². The molecule has 0 aromatic carbocycles. The van der Waals surface area contributed by atoms with Crippen LogP contribution < -0.4 is 5.32 Å². The fraction of sp³-hybridized carbons (Fsp3) is 0.826. The van der Waals surface area contributed by atoms with Crippen LogP contribution in [0.5, 0.6) is 0 Å². The minimum Gasteiger partial charge on any atom is -0.356 e. The van der Waals surface area contributed by atoms with E-state index in [-0.39, 0.29) is 17.2 Å². The molecule has 1 aliphatic carbocycles. The fourth-order valence-corrected chi connectivity index (χ4v) is 4.37. The van der Waals surface area contributed by atoms with Gasteiger partial charge in [-0.1, -0.05) is 41.0 Å². The molecular formula is C23H42N4O. The van der Waals surface area contributed by atoms with E-state index in [1.165, 1.54) is 24.1 Å². The van der Waals surface area contributed by atoms with Crippen LogP contribution in [-0.2, 0) is 11.3 Å². The third kappa shape index (κ3) is 6.33. The topological polar surface area (TPSA) is 61.0 Å². The Labute approximate surface area is 172 Å². The summed E-state index contributed by atoms with van der Waals surface area (Å²) < 4.78 is 0. The molecule has 5 nitrogen and oxygen atoms in total. The second kappa shape index (κ2) is 10.4. The van der Waals surface area contributed by atoms with Gasteiger partial charge in [-0.2, -0.15) is 5.10 Å². The van der Waals surface area contributed by atoms with Crippen molar-refractivity contribution in [3.63, 3.8) is 0 Å². The van der Waals surface area contributed by atoms with Crippen LogP contribution in [0.2, 0.25) is 0 Å². The van der Waals surface area contributed by atoms with Crippen LogP contribution in [0.15, 0.2) is 6.20 Å². The minimum absolute atomic E-state index is 0.0521. The van der Waals surface area contributed by atoms with Crippen LogP contribution in [0.4, 0.5) is 0 Å². The molecule has 0 radical (unpaired) electrons. The van der Waals surface area contributed by atoms with E-state index < -0.39 is 0 Å². The molecule has 1 heterocycles. The Hall–Kier alpha value is -1.36. The minimum atomic E-state index is 0.0521. The van der Waals surface area contributed by atoms with Crippen molar-refractivity contribution in [2.45, 2.75) is 85.6 Å². The predicted octanol–water partition coefficient (Wildman–Crippen LogP) is 4.71. The lowest BCUT2D eigenvalue weighted by Crippen LogP contribution is -2.43. The van der Waals surface area contributed by atoms with E-state index in [1.54, 1.807) is 0 Å². The molecule has 0 saturated heterocycles. The Kier molecular flexibility index (Phi) is 8.54. The van der Waals surface area contributed by atoms with Gasteiger partial charge < -0.3 is 10.2 Å². The zero-order chi connectivity index (χ0) is 20.7. The highest BCUT2D eigenvalue weighted by atomic mass is 16.1. The first-order valence-corrected chi connectivity index (χ1v) is 11.2. The van der Waals surface area contributed by atoms with Crippen LogP contribution >= 0.6 is 0 Å². The van der Waals surface area contributed by atoms with Gasteiger partial charge >= 0.3 is 0 Å². The maximum atomic E-state index is 12.9. The van der Waals surface area contributed by atoms with E-state index in [0.717, 1.165) is 45.3 Å². The SMILES string of the molecule is CCCCN(C)Cc1cn[nH]c1C1CCC(C)(C)C(C(=O)NCCC(C)C)C1. The number of carbonyl (C=O) groups is 1. The number of unbranched alkanes of at least 4 members (excludes halogenated alkanes) is 1.